The number of aromatic nitrogens is 2. The Morgan fingerprint density at radius 3 is 2.85 bits per heavy atom. The third-order valence-corrected chi connectivity index (χ3v) is 4.54. The highest BCUT2D eigenvalue weighted by Gasteiger charge is 2.12. The van der Waals surface area contributed by atoms with Gasteiger partial charge in [-0.2, -0.15) is 0 Å². The van der Waals surface area contributed by atoms with E-state index in [-0.39, 0.29) is 0 Å². The summed E-state index contributed by atoms with van der Waals surface area (Å²) in [4.78, 5) is 8.50. The van der Waals surface area contributed by atoms with Gasteiger partial charge in [0.1, 0.15) is 22.5 Å². The summed E-state index contributed by atoms with van der Waals surface area (Å²) in [6.45, 7) is 2.03. The van der Waals surface area contributed by atoms with E-state index in [4.69, 9.17) is 9.47 Å². The van der Waals surface area contributed by atoms with Crippen LogP contribution < -0.4 is 9.47 Å². The lowest BCUT2D eigenvalue weighted by Gasteiger charge is -2.08. The van der Waals surface area contributed by atoms with Crippen molar-refractivity contribution in [3.05, 3.63) is 39.9 Å². The van der Waals surface area contributed by atoms with Crippen molar-refractivity contribution in [2.24, 2.45) is 0 Å². The van der Waals surface area contributed by atoms with Crippen molar-refractivity contribution in [3.63, 3.8) is 0 Å². The molecule has 0 fully saturated rings. The van der Waals surface area contributed by atoms with Gasteiger partial charge in [0.05, 0.1) is 17.1 Å². The average molecular weight is 351 g/mol. The second kappa shape index (κ2) is 5.38. The summed E-state index contributed by atoms with van der Waals surface area (Å²) in [5, 5.41) is 2.05. The zero-order valence-electron chi connectivity index (χ0n) is 10.9. The molecule has 0 amide bonds. The number of halogens is 1. The zero-order chi connectivity index (χ0) is 14.1. The second-order valence-electron chi connectivity index (χ2n) is 4.17. The predicted octanol–water partition coefficient (Wildman–Crippen LogP) is 4.56. The lowest BCUT2D eigenvalue weighted by Crippen LogP contribution is -1.91. The van der Waals surface area contributed by atoms with E-state index < -0.39 is 0 Å². The third kappa shape index (κ3) is 2.36. The number of benzene rings is 1. The standard InChI is InChI=1S/C14H11BrN2O2S/c1-8-6-20-13-12(8)16-7-17-14(13)19-11-4-3-9(18-2)5-10(11)15/h3-7H,1-2H3. The molecule has 0 saturated carbocycles. The van der Waals surface area contributed by atoms with E-state index >= 15 is 0 Å². The molecule has 0 radical (unpaired) electrons. The molecule has 2 heterocycles. The molecule has 1 aromatic carbocycles. The molecule has 20 heavy (non-hydrogen) atoms. The van der Waals surface area contributed by atoms with Crippen LogP contribution in [0.2, 0.25) is 0 Å². The van der Waals surface area contributed by atoms with Gasteiger partial charge in [-0.3, -0.25) is 0 Å². The topological polar surface area (TPSA) is 44.2 Å². The van der Waals surface area contributed by atoms with Crippen LogP contribution in [0.4, 0.5) is 0 Å². The Hall–Kier alpha value is -1.66. The van der Waals surface area contributed by atoms with Crippen molar-refractivity contribution >= 4 is 37.5 Å². The van der Waals surface area contributed by atoms with Crippen molar-refractivity contribution in [2.45, 2.75) is 6.92 Å². The van der Waals surface area contributed by atoms with Gasteiger partial charge in [0.25, 0.3) is 0 Å². The van der Waals surface area contributed by atoms with Gasteiger partial charge in [0.2, 0.25) is 5.88 Å². The van der Waals surface area contributed by atoms with Gasteiger partial charge < -0.3 is 9.47 Å². The molecule has 0 aliphatic heterocycles. The Bertz CT molecular complexity index is 773. The molecule has 4 nitrogen and oxygen atoms in total. The monoisotopic (exact) mass is 350 g/mol. The van der Waals surface area contributed by atoms with Gasteiger partial charge in [-0.1, -0.05) is 0 Å². The smallest absolute Gasteiger partial charge is 0.240 e. The summed E-state index contributed by atoms with van der Waals surface area (Å²) in [5.74, 6) is 2.03. The predicted molar refractivity (Wildman–Crippen MR) is 82.9 cm³/mol. The first-order valence-electron chi connectivity index (χ1n) is 5.89. The van der Waals surface area contributed by atoms with Crippen LogP contribution in [-0.4, -0.2) is 17.1 Å². The Kier molecular flexibility index (Phi) is 3.58. The van der Waals surface area contributed by atoms with Gasteiger partial charge in [-0.05, 0) is 52.0 Å². The van der Waals surface area contributed by atoms with E-state index in [1.54, 1.807) is 18.4 Å². The van der Waals surface area contributed by atoms with E-state index in [1.807, 2.05) is 25.1 Å². The molecule has 0 spiro atoms. The fourth-order valence-corrected chi connectivity index (χ4v) is 3.18. The van der Waals surface area contributed by atoms with Crippen LogP contribution in [0.3, 0.4) is 0 Å². The Morgan fingerprint density at radius 2 is 2.10 bits per heavy atom. The number of fused-ring (bicyclic) bond motifs is 1. The first-order chi connectivity index (χ1) is 9.69. The number of methoxy groups -OCH3 is 1. The lowest BCUT2D eigenvalue weighted by molar-refractivity contribution is 0.411. The maximum Gasteiger partial charge on any atom is 0.240 e. The van der Waals surface area contributed by atoms with Gasteiger partial charge in [0, 0.05) is 0 Å². The molecule has 0 unspecified atom stereocenters. The molecule has 3 rings (SSSR count). The Morgan fingerprint density at radius 1 is 1.25 bits per heavy atom. The first-order valence-corrected chi connectivity index (χ1v) is 7.56. The molecular formula is C14H11BrN2O2S. The number of hydrogen-bond acceptors (Lipinski definition) is 5. The summed E-state index contributed by atoms with van der Waals surface area (Å²) in [6.07, 6.45) is 1.52. The number of thiophene rings is 1. The van der Waals surface area contributed by atoms with Crippen LogP contribution >= 0.6 is 27.3 Å². The quantitative estimate of drug-likeness (QED) is 0.694. The number of hydrogen-bond donors (Lipinski definition) is 0. The van der Waals surface area contributed by atoms with Crippen molar-refractivity contribution in [1.29, 1.82) is 0 Å². The highest BCUT2D eigenvalue weighted by atomic mass is 79.9. The van der Waals surface area contributed by atoms with Gasteiger partial charge in [-0.15, -0.1) is 11.3 Å². The van der Waals surface area contributed by atoms with E-state index in [0.29, 0.717) is 11.6 Å². The van der Waals surface area contributed by atoms with Crippen molar-refractivity contribution in [3.8, 4) is 17.4 Å². The van der Waals surface area contributed by atoms with Crippen LogP contribution in [0.5, 0.6) is 17.4 Å². The molecule has 0 saturated heterocycles. The SMILES string of the molecule is COc1ccc(Oc2ncnc3c(C)csc23)c(Br)c1. The molecule has 6 heteroatoms. The van der Waals surface area contributed by atoms with E-state index in [2.05, 4.69) is 31.3 Å². The van der Waals surface area contributed by atoms with E-state index in [1.165, 1.54) is 6.33 Å². The van der Waals surface area contributed by atoms with Crippen molar-refractivity contribution in [2.75, 3.05) is 7.11 Å². The summed E-state index contributed by atoms with van der Waals surface area (Å²) in [6, 6.07) is 5.54. The van der Waals surface area contributed by atoms with E-state index in [9.17, 15) is 0 Å². The highest BCUT2D eigenvalue weighted by molar-refractivity contribution is 9.10. The van der Waals surface area contributed by atoms with Crippen LogP contribution in [0.25, 0.3) is 10.2 Å². The second-order valence-corrected chi connectivity index (χ2v) is 5.91. The Labute approximate surface area is 128 Å². The minimum atomic E-state index is 0.568. The molecular weight excluding hydrogens is 340 g/mol. The molecule has 0 bridgehead atoms. The van der Waals surface area contributed by atoms with Crippen molar-refractivity contribution in [1.82, 2.24) is 9.97 Å². The van der Waals surface area contributed by atoms with Crippen LogP contribution in [-0.2, 0) is 0 Å². The lowest BCUT2D eigenvalue weighted by atomic mass is 10.3. The van der Waals surface area contributed by atoms with Gasteiger partial charge in [-0.25, -0.2) is 9.97 Å². The number of rotatable bonds is 3. The Balaban J connectivity index is 2.01. The summed E-state index contributed by atoms with van der Waals surface area (Å²) >= 11 is 5.05. The van der Waals surface area contributed by atoms with E-state index in [0.717, 1.165) is 26.0 Å². The number of nitrogens with zero attached hydrogens (tertiary/aromatic N) is 2. The maximum atomic E-state index is 5.89. The van der Waals surface area contributed by atoms with Gasteiger partial charge in [0.15, 0.2) is 0 Å². The molecule has 3 aromatic rings. The summed E-state index contributed by atoms with van der Waals surface area (Å²) < 4.78 is 12.8. The fourth-order valence-electron chi connectivity index (χ4n) is 1.82. The largest absolute Gasteiger partial charge is 0.497 e. The summed E-state index contributed by atoms with van der Waals surface area (Å²) in [7, 11) is 1.63. The van der Waals surface area contributed by atoms with Crippen LogP contribution in [0.1, 0.15) is 5.56 Å². The van der Waals surface area contributed by atoms with Gasteiger partial charge >= 0.3 is 0 Å². The fraction of sp³-hybridized carbons (Fsp3) is 0.143. The molecule has 0 N–H and O–H groups in total. The molecule has 0 aliphatic carbocycles. The molecule has 102 valence electrons. The van der Waals surface area contributed by atoms with Crippen molar-refractivity contribution < 1.29 is 9.47 Å². The third-order valence-electron chi connectivity index (χ3n) is 2.84. The zero-order valence-corrected chi connectivity index (χ0v) is 13.3. The minimum absolute atomic E-state index is 0.568. The minimum Gasteiger partial charge on any atom is -0.497 e. The average Bonchev–Trinajstić information content (AvgIpc) is 2.84. The normalized spacial score (nSPS) is 10.8. The maximum absolute atomic E-state index is 5.89. The number of ether oxygens (including phenoxy) is 2. The summed E-state index contributed by atoms with van der Waals surface area (Å²) in [5.41, 5.74) is 2.07. The first kappa shape index (κ1) is 13.3. The molecule has 0 atom stereocenters. The van der Waals surface area contributed by atoms with Crippen LogP contribution in [0, 0.1) is 6.92 Å². The highest BCUT2D eigenvalue weighted by Crippen LogP contribution is 2.36. The molecule has 0 aliphatic rings. The molecule has 2 aromatic heterocycles. The van der Waals surface area contributed by atoms with Crippen LogP contribution in [0.15, 0.2) is 34.4 Å². The number of aryl methyl sites for hydroxylation is 1.